The number of ether oxygens (including phenoxy) is 1. The molecule has 0 spiro atoms. The van der Waals surface area contributed by atoms with Gasteiger partial charge in [-0.05, 0) is 60.2 Å². The van der Waals surface area contributed by atoms with Crippen molar-refractivity contribution in [1.29, 1.82) is 0 Å². The first kappa shape index (κ1) is 25.0. The lowest BCUT2D eigenvalue weighted by Crippen LogP contribution is -2.58. The molecular formula is C24H28F4O6. The van der Waals surface area contributed by atoms with Gasteiger partial charge in [0.05, 0.1) is 6.10 Å². The number of fused-ring (bicyclic) bond motifs is 5. The first-order chi connectivity index (χ1) is 15.6. The molecule has 4 aliphatic rings. The highest BCUT2D eigenvalue weighted by atomic mass is 19.4. The Morgan fingerprint density at radius 1 is 1.24 bits per heavy atom. The van der Waals surface area contributed by atoms with Crippen molar-refractivity contribution in [3.05, 3.63) is 23.8 Å². The van der Waals surface area contributed by atoms with Crippen molar-refractivity contribution in [2.75, 3.05) is 0 Å². The molecule has 0 saturated heterocycles. The molecule has 0 bridgehead atoms. The van der Waals surface area contributed by atoms with E-state index in [0.29, 0.717) is 12.0 Å². The minimum atomic E-state index is -5.36. The minimum absolute atomic E-state index is 0.0454. The molecule has 0 aliphatic heterocycles. The summed E-state index contributed by atoms with van der Waals surface area (Å²) >= 11 is 0. The number of Topliss-reactive ketones (excluding diaryl/α,β-unsaturated/α-hetero) is 1. The molecule has 0 radical (unpaired) electrons. The number of halogens is 4. The maximum absolute atomic E-state index is 15.3. The predicted molar refractivity (Wildman–Crippen MR) is 109 cm³/mol. The van der Waals surface area contributed by atoms with E-state index in [1.54, 1.807) is 26.8 Å². The van der Waals surface area contributed by atoms with Crippen LogP contribution in [0.25, 0.3) is 0 Å². The SMILES string of the molecule is CC1C[C@H]2[C@@H]3CC(F)C4=CC(=O)C=C[C@]4(C)[C@H]3C(O)C[C@]2(C)[C@H]1C(=O)C(O)OC(=O)C(F)(F)F. The molecule has 0 aromatic heterocycles. The molecule has 188 valence electrons. The lowest BCUT2D eigenvalue weighted by Gasteiger charge is -2.59. The standard InChI is InChI=1S/C24H28F4O6/c1-10-6-13-12-8-15(25)14-7-11(29)4-5-22(14,2)18(12)16(30)9-23(13,3)17(10)19(31)20(32)34-21(33)24(26,27)28/h4-5,7,10,12-13,15-18,20,30,32H,6,8-9H2,1-3H3/t10?,12-,13-,15?,16?,17+,18+,20?,22-,23-/m0/s1. The van der Waals surface area contributed by atoms with Crippen molar-refractivity contribution in [2.24, 2.45) is 40.4 Å². The van der Waals surface area contributed by atoms with Gasteiger partial charge in [-0.2, -0.15) is 13.2 Å². The average Bonchev–Trinajstić information content (AvgIpc) is 2.97. The Balaban J connectivity index is 1.65. The van der Waals surface area contributed by atoms with Crippen molar-refractivity contribution in [1.82, 2.24) is 0 Å². The first-order valence-corrected chi connectivity index (χ1v) is 11.4. The zero-order chi connectivity index (χ0) is 25.4. The third kappa shape index (κ3) is 3.64. The number of aliphatic hydroxyl groups excluding tert-OH is 2. The summed E-state index contributed by atoms with van der Waals surface area (Å²) in [4.78, 5) is 36.0. The van der Waals surface area contributed by atoms with Crippen LogP contribution in [0.5, 0.6) is 0 Å². The molecule has 3 fully saturated rings. The summed E-state index contributed by atoms with van der Waals surface area (Å²) in [6, 6.07) is 0. The summed E-state index contributed by atoms with van der Waals surface area (Å²) in [5.74, 6) is -6.47. The third-order valence-corrected chi connectivity index (χ3v) is 8.82. The molecule has 3 saturated carbocycles. The molecule has 10 atom stereocenters. The smallest absolute Gasteiger partial charge is 0.422 e. The van der Waals surface area contributed by atoms with Crippen molar-refractivity contribution >= 4 is 17.5 Å². The Morgan fingerprint density at radius 3 is 2.50 bits per heavy atom. The number of allylic oxidation sites excluding steroid dienone is 4. The molecule has 0 aromatic carbocycles. The van der Waals surface area contributed by atoms with Gasteiger partial charge in [0.1, 0.15) is 6.17 Å². The summed E-state index contributed by atoms with van der Waals surface area (Å²) in [5, 5.41) is 21.3. The number of carbonyl (C=O) groups excluding carboxylic acids is 3. The van der Waals surface area contributed by atoms with E-state index >= 15 is 4.39 Å². The van der Waals surface area contributed by atoms with E-state index < -0.39 is 65.1 Å². The van der Waals surface area contributed by atoms with E-state index in [1.165, 1.54) is 12.2 Å². The molecule has 2 N–H and O–H groups in total. The number of rotatable bonds is 3. The second-order valence-corrected chi connectivity index (χ2v) is 10.7. The van der Waals surface area contributed by atoms with Crippen LogP contribution in [0.15, 0.2) is 23.8 Å². The summed E-state index contributed by atoms with van der Waals surface area (Å²) in [7, 11) is 0. The minimum Gasteiger partial charge on any atom is -0.422 e. The van der Waals surface area contributed by atoms with Gasteiger partial charge in [0.15, 0.2) is 5.78 Å². The molecule has 0 heterocycles. The molecule has 4 unspecified atom stereocenters. The molecule has 4 aliphatic carbocycles. The molecule has 0 amide bonds. The molecule has 0 aromatic rings. The van der Waals surface area contributed by atoms with E-state index in [-0.39, 0.29) is 30.5 Å². The number of aliphatic hydroxyl groups is 2. The van der Waals surface area contributed by atoms with Gasteiger partial charge < -0.3 is 14.9 Å². The van der Waals surface area contributed by atoms with Crippen LogP contribution in [-0.4, -0.2) is 52.5 Å². The Hall–Kier alpha value is -2.07. The predicted octanol–water partition coefficient (Wildman–Crippen LogP) is 3.07. The van der Waals surface area contributed by atoms with Crippen molar-refractivity contribution in [3.8, 4) is 0 Å². The fourth-order valence-electron chi connectivity index (χ4n) is 7.69. The van der Waals surface area contributed by atoms with E-state index in [9.17, 15) is 37.8 Å². The molecule has 6 nitrogen and oxygen atoms in total. The van der Waals surface area contributed by atoms with Crippen molar-refractivity contribution in [3.63, 3.8) is 0 Å². The topological polar surface area (TPSA) is 101 Å². The van der Waals surface area contributed by atoms with Gasteiger partial charge in [0, 0.05) is 17.3 Å². The summed E-state index contributed by atoms with van der Waals surface area (Å²) in [6.45, 7) is 5.23. The van der Waals surface area contributed by atoms with Crippen molar-refractivity contribution in [2.45, 2.75) is 64.8 Å². The maximum atomic E-state index is 15.3. The van der Waals surface area contributed by atoms with Gasteiger partial charge >= 0.3 is 12.1 Å². The largest absolute Gasteiger partial charge is 0.491 e. The van der Waals surface area contributed by atoms with Crippen LogP contribution < -0.4 is 0 Å². The molecule has 34 heavy (non-hydrogen) atoms. The van der Waals surface area contributed by atoms with Crippen LogP contribution in [0.4, 0.5) is 17.6 Å². The maximum Gasteiger partial charge on any atom is 0.491 e. The Kier molecular flexibility index (Phi) is 5.87. The Morgan fingerprint density at radius 2 is 1.88 bits per heavy atom. The highest BCUT2D eigenvalue weighted by Crippen LogP contribution is 2.67. The second-order valence-electron chi connectivity index (χ2n) is 10.7. The number of hydrogen-bond acceptors (Lipinski definition) is 6. The van der Waals surface area contributed by atoms with Gasteiger partial charge in [0.25, 0.3) is 6.29 Å². The monoisotopic (exact) mass is 488 g/mol. The molecular weight excluding hydrogens is 460 g/mol. The lowest BCUT2D eigenvalue weighted by atomic mass is 9.46. The van der Waals surface area contributed by atoms with E-state index in [1.807, 2.05) is 0 Å². The van der Waals surface area contributed by atoms with Crippen LogP contribution in [0.3, 0.4) is 0 Å². The number of alkyl halides is 4. The Labute approximate surface area is 194 Å². The van der Waals surface area contributed by atoms with Crippen LogP contribution in [0.2, 0.25) is 0 Å². The summed E-state index contributed by atoms with van der Waals surface area (Å²) < 4.78 is 57.0. The van der Waals surface area contributed by atoms with Crippen LogP contribution >= 0.6 is 0 Å². The van der Waals surface area contributed by atoms with Gasteiger partial charge in [0.2, 0.25) is 5.78 Å². The summed E-state index contributed by atoms with van der Waals surface area (Å²) in [5.41, 5.74) is -1.50. The molecule has 4 rings (SSSR count). The highest BCUT2D eigenvalue weighted by Gasteiger charge is 2.66. The third-order valence-electron chi connectivity index (χ3n) is 8.82. The van der Waals surface area contributed by atoms with Gasteiger partial charge in [-0.15, -0.1) is 0 Å². The van der Waals surface area contributed by atoms with Crippen LogP contribution in [0.1, 0.15) is 40.0 Å². The van der Waals surface area contributed by atoms with Crippen molar-refractivity contribution < 1.29 is 46.9 Å². The first-order valence-electron chi connectivity index (χ1n) is 11.4. The van der Waals surface area contributed by atoms with E-state index in [4.69, 9.17) is 0 Å². The quantitative estimate of drug-likeness (QED) is 0.360. The van der Waals surface area contributed by atoms with Gasteiger partial charge in [-0.3, -0.25) is 9.59 Å². The van der Waals surface area contributed by atoms with Gasteiger partial charge in [-0.1, -0.05) is 26.8 Å². The zero-order valence-corrected chi connectivity index (χ0v) is 19.0. The van der Waals surface area contributed by atoms with Crippen LogP contribution in [-0.2, 0) is 19.1 Å². The van der Waals surface area contributed by atoms with Gasteiger partial charge in [-0.25, -0.2) is 9.18 Å². The average molecular weight is 488 g/mol. The van der Waals surface area contributed by atoms with Crippen LogP contribution in [0, 0.1) is 40.4 Å². The number of ketones is 2. The van der Waals surface area contributed by atoms with E-state index in [2.05, 4.69) is 4.74 Å². The number of hydrogen-bond donors (Lipinski definition) is 2. The number of esters is 1. The number of carbonyl (C=O) groups is 3. The fourth-order valence-corrected chi connectivity index (χ4v) is 7.69. The zero-order valence-electron chi connectivity index (χ0n) is 19.0. The Bertz CT molecular complexity index is 973. The normalized spacial score (nSPS) is 44.4. The molecule has 10 heteroatoms. The lowest BCUT2D eigenvalue weighted by molar-refractivity contribution is -0.220. The fraction of sp³-hybridized carbons (Fsp3) is 0.708. The van der Waals surface area contributed by atoms with E-state index in [0.717, 1.165) is 0 Å². The summed E-state index contributed by atoms with van der Waals surface area (Å²) in [6.07, 6.45) is -5.48. The second kappa shape index (κ2) is 7.98. The highest BCUT2D eigenvalue weighted by molar-refractivity contribution is 6.01.